The van der Waals surface area contributed by atoms with Crippen molar-refractivity contribution in [3.63, 3.8) is 0 Å². The highest BCUT2D eigenvalue weighted by Crippen LogP contribution is 2.36. The molecule has 1 aliphatic rings. The zero-order valence-electron chi connectivity index (χ0n) is 10.8. The highest BCUT2D eigenvalue weighted by molar-refractivity contribution is 4.81. The molecule has 0 aliphatic heterocycles. The van der Waals surface area contributed by atoms with E-state index in [1.54, 1.807) is 6.20 Å². The van der Waals surface area contributed by atoms with Gasteiger partial charge in [0.15, 0.2) is 0 Å². The van der Waals surface area contributed by atoms with Gasteiger partial charge in [-0.2, -0.15) is 5.10 Å². The van der Waals surface area contributed by atoms with Crippen LogP contribution in [-0.2, 0) is 6.54 Å². The number of alkyl halides is 2. The van der Waals surface area contributed by atoms with E-state index in [4.69, 9.17) is 0 Å². The molecule has 1 saturated carbocycles. The highest BCUT2D eigenvalue weighted by atomic mass is 19.3. The molecular formula is C13H21F2N3. The largest absolute Gasteiger partial charge is 0.312 e. The average Bonchev–Trinajstić information content (AvgIpc) is 2.78. The Balaban J connectivity index is 1.71. The van der Waals surface area contributed by atoms with Crippen molar-refractivity contribution in [2.45, 2.75) is 51.1 Å². The molecule has 0 saturated heterocycles. The predicted molar refractivity (Wildman–Crippen MR) is 66.6 cm³/mol. The Morgan fingerprint density at radius 2 is 2.39 bits per heavy atom. The summed E-state index contributed by atoms with van der Waals surface area (Å²) in [6.45, 7) is 3.51. The Hall–Kier alpha value is -0.970. The molecular weight excluding hydrogens is 236 g/mol. The number of hydrogen-bond donors (Lipinski definition) is 1. The summed E-state index contributed by atoms with van der Waals surface area (Å²) in [4.78, 5) is 0. The minimum atomic E-state index is -2.45. The van der Waals surface area contributed by atoms with Crippen molar-refractivity contribution in [2.24, 2.45) is 5.92 Å². The second-order valence-electron chi connectivity index (χ2n) is 5.36. The second-order valence-corrected chi connectivity index (χ2v) is 5.36. The van der Waals surface area contributed by atoms with Gasteiger partial charge in [0, 0.05) is 31.3 Å². The van der Waals surface area contributed by atoms with Crippen LogP contribution in [0.1, 0.15) is 32.6 Å². The Kier molecular flexibility index (Phi) is 4.32. The molecule has 1 N–H and O–H groups in total. The molecule has 1 fully saturated rings. The summed E-state index contributed by atoms with van der Waals surface area (Å²) in [5.74, 6) is -2.34. The van der Waals surface area contributed by atoms with Gasteiger partial charge in [-0.05, 0) is 38.3 Å². The lowest BCUT2D eigenvalue weighted by molar-refractivity contribution is -0.0523. The number of halogens is 2. The van der Waals surface area contributed by atoms with E-state index in [2.05, 4.69) is 17.3 Å². The standard InChI is InChI=1S/C13H21F2N3/c1-11(10-18-7-3-6-17-18)16-9-12-4-2-5-13(14,15)8-12/h3,6-7,11-12,16H,2,4-5,8-10H2,1H3. The molecule has 0 amide bonds. The van der Waals surface area contributed by atoms with Gasteiger partial charge in [0.2, 0.25) is 5.92 Å². The maximum Gasteiger partial charge on any atom is 0.248 e. The lowest BCUT2D eigenvalue weighted by Gasteiger charge is -2.29. The van der Waals surface area contributed by atoms with Gasteiger partial charge in [-0.15, -0.1) is 0 Å². The molecule has 0 bridgehead atoms. The zero-order chi connectivity index (χ0) is 13.0. The average molecular weight is 257 g/mol. The maximum absolute atomic E-state index is 13.2. The van der Waals surface area contributed by atoms with E-state index >= 15 is 0 Å². The van der Waals surface area contributed by atoms with E-state index in [-0.39, 0.29) is 24.8 Å². The van der Waals surface area contributed by atoms with Crippen LogP contribution in [0.25, 0.3) is 0 Å². The van der Waals surface area contributed by atoms with E-state index in [9.17, 15) is 8.78 Å². The zero-order valence-corrected chi connectivity index (χ0v) is 10.8. The van der Waals surface area contributed by atoms with Crippen LogP contribution in [-0.4, -0.2) is 28.3 Å². The van der Waals surface area contributed by atoms with Crippen LogP contribution in [0.15, 0.2) is 18.5 Å². The van der Waals surface area contributed by atoms with Crippen molar-refractivity contribution in [2.75, 3.05) is 6.54 Å². The van der Waals surface area contributed by atoms with Crippen molar-refractivity contribution >= 4 is 0 Å². The lowest BCUT2D eigenvalue weighted by Crippen LogP contribution is -2.38. The van der Waals surface area contributed by atoms with E-state index in [1.165, 1.54) is 0 Å². The van der Waals surface area contributed by atoms with Gasteiger partial charge in [-0.1, -0.05) is 0 Å². The Morgan fingerprint density at radius 3 is 3.06 bits per heavy atom. The molecule has 2 atom stereocenters. The van der Waals surface area contributed by atoms with E-state index in [0.29, 0.717) is 13.0 Å². The molecule has 2 unspecified atom stereocenters. The summed E-state index contributed by atoms with van der Waals surface area (Å²) in [6.07, 6.45) is 5.31. The van der Waals surface area contributed by atoms with Gasteiger partial charge in [0.05, 0.1) is 6.54 Å². The van der Waals surface area contributed by atoms with Crippen molar-refractivity contribution in [1.82, 2.24) is 15.1 Å². The minimum Gasteiger partial charge on any atom is -0.312 e. The van der Waals surface area contributed by atoms with E-state index < -0.39 is 5.92 Å². The molecule has 1 aromatic heterocycles. The monoisotopic (exact) mass is 257 g/mol. The van der Waals surface area contributed by atoms with Gasteiger partial charge in [-0.25, -0.2) is 8.78 Å². The highest BCUT2D eigenvalue weighted by Gasteiger charge is 2.35. The summed E-state index contributed by atoms with van der Waals surface area (Å²) in [5.41, 5.74) is 0. The molecule has 0 spiro atoms. The van der Waals surface area contributed by atoms with Crippen molar-refractivity contribution < 1.29 is 8.78 Å². The van der Waals surface area contributed by atoms with Gasteiger partial charge in [-0.3, -0.25) is 4.68 Å². The fourth-order valence-corrected chi connectivity index (χ4v) is 2.57. The maximum atomic E-state index is 13.2. The first-order chi connectivity index (χ1) is 8.55. The first kappa shape index (κ1) is 13.5. The summed E-state index contributed by atoms with van der Waals surface area (Å²) in [7, 11) is 0. The minimum absolute atomic E-state index is 0.0362. The summed E-state index contributed by atoms with van der Waals surface area (Å²) < 4.78 is 28.3. The van der Waals surface area contributed by atoms with Gasteiger partial charge in [0.1, 0.15) is 0 Å². The SMILES string of the molecule is CC(Cn1cccn1)NCC1CCCC(F)(F)C1. The Labute approximate surface area is 107 Å². The smallest absolute Gasteiger partial charge is 0.248 e. The normalized spacial score (nSPS) is 24.9. The molecule has 1 aliphatic carbocycles. The molecule has 2 rings (SSSR count). The van der Waals surface area contributed by atoms with E-state index in [0.717, 1.165) is 13.0 Å². The fourth-order valence-electron chi connectivity index (χ4n) is 2.57. The molecule has 1 heterocycles. The quantitative estimate of drug-likeness (QED) is 0.879. The van der Waals surface area contributed by atoms with Gasteiger partial charge >= 0.3 is 0 Å². The topological polar surface area (TPSA) is 29.9 Å². The molecule has 5 heteroatoms. The van der Waals surface area contributed by atoms with Crippen LogP contribution >= 0.6 is 0 Å². The number of rotatable bonds is 5. The van der Waals surface area contributed by atoms with Gasteiger partial charge < -0.3 is 5.32 Å². The van der Waals surface area contributed by atoms with Crippen LogP contribution in [0.2, 0.25) is 0 Å². The van der Waals surface area contributed by atoms with Crippen LogP contribution in [0.3, 0.4) is 0 Å². The van der Waals surface area contributed by atoms with Crippen LogP contribution in [0.4, 0.5) is 8.78 Å². The summed E-state index contributed by atoms with van der Waals surface area (Å²) in [5, 5.41) is 7.46. The predicted octanol–water partition coefficient (Wildman–Crippen LogP) is 2.69. The van der Waals surface area contributed by atoms with Crippen LogP contribution < -0.4 is 5.32 Å². The second kappa shape index (κ2) is 5.78. The molecule has 0 radical (unpaired) electrons. The summed E-state index contributed by atoms with van der Waals surface area (Å²) in [6, 6.07) is 2.13. The van der Waals surface area contributed by atoms with Crippen molar-refractivity contribution in [1.29, 1.82) is 0 Å². The molecule has 18 heavy (non-hydrogen) atoms. The number of nitrogens with one attached hydrogen (secondary N) is 1. The van der Waals surface area contributed by atoms with Gasteiger partial charge in [0.25, 0.3) is 0 Å². The Bertz CT molecular complexity index is 351. The third-order valence-electron chi connectivity index (χ3n) is 3.52. The first-order valence-corrected chi connectivity index (χ1v) is 6.64. The molecule has 102 valence electrons. The molecule has 3 nitrogen and oxygen atoms in total. The van der Waals surface area contributed by atoms with Crippen molar-refractivity contribution in [3.05, 3.63) is 18.5 Å². The molecule has 1 aromatic rings. The summed E-state index contributed by atoms with van der Waals surface area (Å²) >= 11 is 0. The Morgan fingerprint density at radius 1 is 1.56 bits per heavy atom. The fraction of sp³-hybridized carbons (Fsp3) is 0.769. The van der Waals surface area contributed by atoms with Crippen LogP contribution in [0, 0.1) is 5.92 Å². The first-order valence-electron chi connectivity index (χ1n) is 6.64. The van der Waals surface area contributed by atoms with E-state index in [1.807, 2.05) is 16.9 Å². The number of hydrogen-bond acceptors (Lipinski definition) is 2. The van der Waals surface area contributed by atoms with Crippen molar-refractivity contribution in [3.8, 4) is 0 Å². The third-order valence-corrected chi connectivity index (χ3v) is 3.52. The lowest BCUT2D eigenvalue weighted by atomic mass is 9.86. The third kappa shape index (κ3) is 4.05. The molecule has 0 aromatic carbocycles. The number of nitrogens with zero attached hydrogens (tertiary/aromatic N) is 2. The van der Waals surface area contributed by atoms with Crippen LogP contribution in [0.5, 0.6) is 0 Å². The number of aromatic nitrogens is 2.